The zero-order chi connectivity index (χ0) is 21.5. The highest BCUT2D eigenvalue weighted by Crippen LogP contribution is 2.19. The number of nitrogens with one attached hydrogen (secondary N) is 2. The van der Waals surface area contributed by atoms with Crippen molar-refractivity contribution in [2.75, 3.05) is 6.61 Å². The molecule has 2 amide bonds. The van der Waals surface area contributed by atoms with Gasteiger partial charge in [0.15, 0.2) is 5.69 Å². The first kappa shape index (κ1) is 23.9. The lowest BCUT2D eigenvalue weighted by Gasteiger charge is -2.25. The number of amides is 2. The van der Waals surface area contributed by atoms with Crippen LogP contribution < -0.4 is 10.6 Å². The molecule has 1 rings (SSSR count). The zero-order valence-electron chi connectivity index (χ0n) is 17.6. The molecule has 158 valence electrons. The van der Waals surface area contributed by atoms with Gasteiger partial charge in [-0.3, -0.25) is 4.79 Å². The number of ether oxygens (including phenoxy) is 2. The third kappa shape index (κ3) is 8.24. The van der Waals surface area contributed by atoms with Crippen molar-refractivity contribution in [2.24, 2.45) is 5.92 Å². The highest BCUT2D eigenvalue weighted by Gasteiger charge is 2.27. The number of nitrogens with zero attached hydrogens (tertiary/aromatic N) is 1. The molecule has 8 nitrogen and oxygen atoms in total. The molecule has 0 saturated heterocycles. The van der Waals surface area contributed by atoms with E-state index in [1.54, 1.807) is 40.0 Å². The lowest BCUT2D eigenvalue weighted by Crippen LogP contribution is -2.49. The molecule has 0 fully saturated rings. The molecule has 1 aromatic rings. The summed E-state index contributed by atoms with van der Waals surface area (Å²) in [4.78, 5) is 40.8. The minimum absolute atomic E-state index is 0.191. The lowest BCUT2D eigenvalue weighted by molar-refractivity contribution is -0.124. The van der Waals surface area contributed by atoms with Crippen LogP contribution >= 0.6 is 11.3 Å². The summed E-state index contributed by atoms with van der Waals surface area (Å²) in [6.45, 7) is 13.0. The van der Waals surface area contributed by atoms with Gasteiger partial charge in [0.1, 0.15) is 16.7 Å². The fraction of sp³-hybridized carbons (Fsp3) is 0.684. The third-order valence-electron chi connectivity index (χ3n) is 3.45. The number of rotatable bonds is 8. The van der Waals surface area contributed by atoms with Crippen molar-refractivity contribution in [1.29, 1.82) is 0 Å². The Morgan fingerprint density at radius 3 is 2.36 bits per heavy atom. The van der Waals surface area contributed by atoms with Gasteiger partial charge in [0.05, 0.1) is 12.6 Å². The third-order valence-corrected chi connectivity index (χ3v) is 4.48. The van der Waals surface area contributed by atoms with E-state index in [4.69, 9.17) is 9.47 Å². The van der Waals surface area contributed by atoms with Crippen molar-refractivity contribution in [3.05, 3.63) is 16.1 Å². The van der Waals surface area contributed by atoms with Gasteiger partial charge in [-0.1, -0.05) is 13.8 Å². The summed E-state index contributed by atoms with van der Waals surface area (Å²) in [5.41, 5.74) is -0.436. The molecule has 0 unspecified atom stereocenters. The monoisotopic (exact) mass is 413 g/mol. The standard InChI is InChI=1S/C19H31N3O5S/c1-8-26-17(24)14-10-28-16(21-14)12(4)20-15(23)13(9-11(2)3)22-18(25)27-19(5,6)7/h10-13H,8-9H2,1-7H3,(H,20,23)(H,22,25)/t12-,13-/m0/s1. The highest BCUT2D eigenvalue weighted by atomic mass is 32.1. The fourth-order valence-electron chi connectivity index (χ4n) is 2.31. The number of thiazole rings is 1. The Bertz CT molecular complexity index is 681. The Morgan fingerprint density at radius 1 is 1.18 bits per heavy atom. The van der Waals surface area contributed by atoms with Gasteiger partial charge in [-0.15, -0.1) is 11.3 Å². The molecule has 2 N–H and O–H groups in total. The number of hydrogen-bond acceptors (Lipinski definition) is 7. The van der Waals surface area contributed by atoms with Gasteiger partial charge in [0.25, 0.3) is 0 Å². The molecule has 0 spiro atoms. The minimum Gasteiger partial charge on any atom is -0.461 e. The second kappa shape index (κ2) is 10.4. The summed E-state index contributed by atoms with van der Waals surface area (Å²) in [5.74, 6) is -0.635. The Labute approximate surface area is 170 Å². The summed E-state index contributed by atoms with van der Waals surface area (Å²) >= 11 is 1.26. The normalized spacial score (nSPS) is 13.6. The summed E-state index contributed by atoms with van der Waals surface area (Å²) in [6, 6.07) is -1.16. The number of aromatic nitrogens is 1. The summed E-state index contributed by atoms with van der Waals surface area (Å²) in [6.07, 6.45) is -0.177. The van der Waals surface area contributed by atoms with Crippen molar-refractivity contribution < 1.29 is 23.9 Å². The fourth-order valence-corrected chi connectivity index (χ4v) is 3.11. The van der Waals surface area contributed by atoms with Crippen LogP contribution in [0.5, 0.6) is 0 Å². The highest BCUT2D eigenvalue weighted by molar-refractivity contribution is 7.09. The number of hydrogen-bond donors (Lipinski definition) is 2. The van der Waals surface area contributed by atoms with Gasteiger partial charge in [-0.25, -0.2) is 14.6 Å². The molecule has 28 heavy (non-hydrogen) atoms. The molecule has 0 aliphatic heterocycles. The average molecular weight is 414 g/mol. The van der Waals surface area contributed by atoms with Crippen LogP contribution in [0.4, 0.5) is 4.79 Å². The van der Waals surface area contributed by atoms with Crippen LogP contribution in [0.1, 0.15) is 76.4 Å². The van der Waals surface area contributed by atoms with Crippen molar-refractivity contribution in [3.63, 3.8) is 0 Å². The smallest absolute Gasteiger partial charge is 0.408 e. The number of esters is 1. The van der Waals surface area contributed by atoms with Crippen LogP contribution in [0.3, 0.4) is 0 Å². The van der Waals surface area contributed by atoms with Gasteiger partial charge < -0.3 is 20.1 Å². The van der Waals surface area contributed by atoms with Crippen molar-refractivity contribution in [1.82, 2.24) is 15.6 Å². The number of carbonyl (C=O) groups is 3. The molecule has 1 heterocycles. The first-order valence-electron chi connectivity index (χ1n) is 9.35. The largest absolute Gasteiger partial charge is 0.461 e. The second-order valence-corrected chi connectivity index (χ2v) is 8.74. The van der Waals surface area contributed by atoms with Gasteiger partial charge in [0, 0.05) is 5.38 Å². The van der Waals surface area contributed by atoms with E-state index in [2.05, 4.69) is 15.6 Å². The Kier molecular flexibility index (Phi) is 8.87. The van der Waals surface area contributed by atoms with Crippen LogP contribution in [0.2, 0.25) is 0 Å². The molecule has 0 aromatic carbocycles. The maximum absolute atomic E-state index is 12.7. The molecule has 0 radical (unpaired) electrons. The van der Waals surface area contributed by atoms with E-state index in [0.29, 0.717) is 11.4 Å². The van der Waals surface area contributed by atoms with Crippen molar-refractivity contribution in [2.45, 2.75) is 72.6 Å². The Balaban J connectivity index is 2.78. The minimum atomic E-state index is -0.734. The van der Waals surface area contributed by atoms with E-state index in [9.17, 15) is 14.4 Å². The van der Waals surface area contributed by atoms with Crippen LogP contribution in [0.15, 0.2) is 5.38 Å². The van der Waals surface area contributed by atoms with Crippen molar-refractivity contribution >= 4 is 29.3 Å². The Hall–Kier alpha value is -2.16. The van der Waals surface area contributed by atoms with Gasteiger partial charge in [-0.2, -0.15) is 0 Å². The average Bonchev–Trinajstić information content (AvgIpc) is 3.02. The van der Waals surface area contributed by atoms with Crippen molar-refractivity contribution in [3.8, 4) is 0 Å². The zero-order valence-corrected chi connectivity index (χ0v) is 18.4. The van der Waals surface area contributed by atoms with Gasteiger partial charge in [0.2, 0.25) is 5.91 Å². The first-order valence-corrected chi connectivity index (χ1v) is 10.2. The maximum Gasteiger partial charge on any atom is 0.408 e. The van der Waals surface area contributed by atoms with Gasteiger partial charge in [-0.05, 0) is 47.0 Å². The maximum atomic E-state index is 12.7. The van der Waals surface area contributed by atoms with E-state index in [-0.39, 0.29) is 24.1 Å². The second-order valence-electron chi connectivity index (χ2n) is 7.85. The van der Waals surface area contributed by atoms with E-state index in [1.165, 1.54) is 11.3 Å². The molecule has 2 atom stereocenters. The van der Waals surface area contributed by atoms with E-state index in [1.807, 2.05) is 13.8 Å². The molecular formula is C19H31N3O5S. The number of alkyl carbamates (subject to hydrolysis) is 1. The Morgan fingerprint density at radius 2 is 1.82 bits per heavy atom. The van der Waals surface area contributed by atoms with E-state index in [0.717, 1.165) is 0 Å². The quantitative estimate of drug-likeness (QED) is 0.632. The summed E-state index contributed by atoms with van der Waals surface area (Å²) in [7, 11) is 0. The first-order chi connectivity index (χ1) is 12.9. The van der Waals surface area contributed by atoms with Crippen LogP contribution in [0, 0.1) is 5.92 Å². The predicted octanol–water partition coefficient (Wildman–Crippen LogP) is 3.44. The molecule has 0 saturated carbocycles. The molecular weight excluding hydrogens is 382 g/mol. The number of carbonyl (C=O) groups excluding carboxylic acids is 3. The lowest BCUT2D eigenvalue weighted by atomic mass is 10.0. The predicted molar refractivity (Wildman–Crippen MR) is 107 cm³/mol. The molecule has 9 heteroatoms. The van der Waals surface area contributed by atoms with E-state index < -0.39 is 29.7 Å². The SMILES string of the molecule is CCOC(=O)c1csc([C@H](C)NC(=O)[C@H](CC(C)C)NC(=O)OC(C)(C)C)n1. The van der Waals surface area contributed by atoms with E-state index >= 15 is 0 Å². The molecule has 0 aliphatic carbocycles. The van der Waals surface area contributed by atoms with Crippen LogP contribution in [-0.4, -0.2) is 41.2 Å². The molecule has 0 bridgehead atoms. The summed E-state index contributed by atoms with van der Waals surface area (Å²) in [5, 5.41) is 7.66. The molecule has 1 aromatic heterocycles. The van der Waals surface area contributed by atoms with Crippen LogP contribution in [-0.2, 0) is 14.3 Å². The van der Waals surface area contributed by atoms with Gasteiger partial charge >= 0.3 is 12.1 Å². The topological polar surface area (TPSA) is 107 Å². The molecule has 0 aliphatic rings. The summed E-state index contributed by atoms with van der Waals surface area (Å²) < 4.78 is 10.2. The van der Waals surface area contributed by atoms with Crippen LogP contribution in [0.25, 0.3) is 0 Å².